The van der Waals surface area contributed by atoms with Gasteiger partial charge in [-0.2, -0.15) is 13.2 Å². The third-order valence-corrected chi connectivity index (χ3v) is 4.21. The summed E-state index contributed by atoms with van der Waals surface area (Å²) in [6.07, 6.45) is -3.83. The average Bonchev–Trinajstić information content (AvgIpc) is 2.82. The second kappa shape index (κ2) is 7.85. The van der Waals surface area contributed by atoms with Gasteiger partial charge in [0.25, 0.3) is 5.91 Å². The number of nitrogens with one attached hydrogen (secondary N) is 2. The van der Waals surface area contributed by atoms with Gasteiger partial charge in [0.1, 0.15) is 24.4 Å². The van der Waals surface area contributed by atoms with Crippen LogP contribution in [0, 0.1) is 0 Å². The first kappa shape index (κ1) is 20.5. The summed E-state index contributed by atoms with van der Waals surface area (Å²) in [5, 5.41) is 4.15. The molecule has 0 unspecified atom stereocenters. The zero-order valence-corrected chi connectivity index (χ0v) is 14.9. The molecule has 2 rings (SSSR count). The molecule has 7 nitrogen and oxygen atoms in total. The second-order valence-corrected chi connectivity index (χ2v) is 6.39. The number of amides is 4. The molecule has 0 aliphatic carbocycles. The normalized spacial score (nSPS) is 19.8. The minimum atomic E-state index is -4.57. The van der Waals surface area contributed by atoms with E-state index >= 15 is 0 Å². The number of halogens is 3. The lowest BCUT2D eigenvalue weighted by molar-refractivity contribution is -0.141. The number of carbonyl (C=O) groups excluding carboxylic acids is 3. The van der Waals surface area contributed by atoms with Crippen LogP contribution in [0.15, 0.2) is 24.3 Å². The summed E-state index contributed by atoms with van der Waals surface area (Å²) in [6.45, 7) is -0.770. The molecule has 0 spiro atoms. The van der Waals surface area contributed by atoms with E-state index in [1.54, 1.807) is 24.6 Å². The first-order valence-electron chi connectivity index (χ1n) is 8.14. The zero-order chi connectivity index (χ0) is 20.2. The van der Waals surface area contributed by atoms with E-state index in [1.807, 2.05) is 12.1 Å². The minimum absolute atomic E-state index is 0.268. The maximum atomic E-state index is 12.5. The molecule has 1 heterocycles. The monoisotopic (exact) mass is 387 g/mol. The standard InChI is InChI=1S/C17H20F3N3O4/c1-16(8-7-11-3-5-12(27-2)6-4-11)14(25)23(15(26)22-16)9-13(24)21-10-17(18,19)20/h3-6H,7-10H2,1-2H3,(H,21,24)(H,22,26)/t16-/m0/s1. The fourth-order valence-electron chi connectivity index (χ4n) is 2.64. The van der Waals surface area contributed by atoms with Crippen LogP contribution in [0.2, 0.25) is 0 Å². The van der Waals surface area contributed by atoms with Crippen LogP contribution in [0.1, 0.15) is 18.9 Å². The highest BCUT2D eigenvalue weighted by molar-refractivity contribution is 6.08. The highest BCUT2D eigenvalue weighted by Crippen LogP contribution is 2.24. The van der Waals surface area contributed by atoms with Crippen molar-refractivity contribution in [1.82, 2.24) is 15.5 Å². The molecule has 1 aliphatic heterocycles. The predicted molar refractivity (Wildman–Crippen MR) is 89.0 cm³/mol. The average molecular weight is 387 g/mol. The first-order valence-corrected chi connectivity index (χ1v) is 8.14. The van der Waals surface area contributed by atoms with Crippen LogP contribution in [-0.2, 0) is 16.0 Å². The highest BCUT2D eigenvalue weighted by Gasteiger charge is 2.47. The number of carbonyl (C=O) groups is 3. The van der Waals surface area contributed by atoms with Crippen molar-refractivity contribution in [3.05, 3.63) is 29.8 Å². The number of nitrogens with zero attached hydrogens (tertiary/aromatic N) is 1. The van der Waals surface area contributed by atoms with Crippen LogP contribution in [0.5, 0.6) is 5.75 Å². The summed E-state index contributed by atoms with van der Waals surface area (Å²) in [5.74, 6) is -1.02. The predicted octanol–water partition coefficient (Wildman–Crippen LogP) is 1.62. The molecule has 0 radical (unpaired) electrons. The van der Waals surface area contributed by atoms with Gasteiger partial charge < -0.3 is 15.4 Å². The van der Waals surface area contributed by atoms with E-state index in [0.29, 0.717) is 17.1 Å². The lowest BCUT2D eigenvalue weighted by Crippen LogP contribution is -2.46. The number of benzene rings is 1. The molecule has 1 atom stereocenters. The molecule has 148 valence electrons. The highest BCUT2D eigenvalue weighted by atomic mass is 19.4. The number of aryl methyl sites for hydroxylation is 1. The minimum Gasteiger partial charge on any atom is -0.497 e. The van der Waals surface area contributed by atoms with Crippen molar-refractivity contribution in [2.75, 3.05) is 20.2 Å². The Morgan fingerprint density at radius 1 is 1.26 bits per heavy atom. The van der Waals surface area contributed by atoms with E-state index in [0.717, 1.165) is 5.56 Å². The van der Waals surface area contributed by atoms with Crippen molar-refractivity contribution in [2.45, 2.75) is 31.5 Å². The number of hydrogen-bond acceptors (Lipinski definition) is 4. The summed E-state index contributed by atoms with van der Waals surface area (Å²) in [7, 11) is 1.54. The van der Waals surface area contributed by atoms with Gasteiger partial charge >= 0.3 is 12.2 Å². The summed E-state index contributed by atoms with van der Waals surface area (Å²) < 4.78 is 41.5. The van der Waals surface area contributed by atoms with E-state index < -0.39 is 42.7 Å². The second-order valence-electron chi connectivity index (χ2n) is 6.39. The zero-order valence-electron chi connectivity index (χ0n) is 14.9. The summed E-state index contributed by atoms with van der Waals surface area (Å²) >= 11 is 0. The largest absolute Gasteiger partial charge is 0.497 e. The quantitative estimate of drug-likeness (QED) is 0.696. The molecule has 0 saturated carbocycles. The number of hydrogen-bond donors (Lipinski definition) is 2. The lowest BCUT2D eigenvalue weighted by atomic mass is 9.93. The Labute approximate surface area is 153 Å². The SMILES string of the molecule is COc1ccc(CC[C@]2(C)NC(=O)N(CC(=O)NCC(F)(F)F)C2=O)cc1. The molecule has 0 bridgehead atoms. The van der Waals surface area contributed by atoms with Crippen LogP contribution in [-0.4, -0.2) is 54.7 Å². The van der Waals surface area contributed by atoms with Gasteiger partial charge in [0.05, 0.1) is 7.11 Å². The third kappa shape index (κ3) is 5.35. The Balaban J connectivity index is 1.95. The molecular formula is C17H20F3N3O4. The number of ether oxygens (including phenoxy) is 1. The van der Waals surface area contributed by atoms with Crippen molar-refractivity contribution in [3.63, 3.8) is 0 Å². The molecule has 1 aromatic carbocycles. The van der Waals surface area contributed by atoms with Gasteiger partial charge in [-0.25, -0.2) is 4.79 Å². The number of urea groups is 1. The van der Waals surface area contributed by atoms with Gasteiger partial charge in [0.15, 0.2) is 0 Å². The molecule has 1 saturated heterocycles. The van der Waals surface area contributed by atoms with E-state index in [-0.39, 0.29) is 6.42 Å². The van der Waals surface area contributed by atoms with E-state index in [9.17, 15) is 27.6 Å². The van der Waals surface area contributed by atoms with Crippen LogP contribution in [0.3, 0.4) is 0 Å². The van der Waals surface area contributed by atoms with Crippen LogP contribution in [0.4, 0.5) is 18.0 Å². The van der Waals surface area contributed by atoms with Crippen molar-refractivity contribution in [2.24, 2.45) is 0 Å². The molecule has 27 heavy (non-hydrogen) atoms. The number of alkyl halides is 3. The Morgan fingerprint density at radius 2 is 1.89 bits per heavy atom. The van der Waals surface area contributed by atoms with Gasteiger partial charge in [0, 0.05) is 0 Å². The number of rotatable bonds is 7. The third-order valence-electron chi connectivity index (χ3n) is 4.21. The van der Waals surface area contributed by atoms with Gasteiger partial charge in [0.2, 0.25) is 5.91 Å². The van der Waals surface area contributed by atoms with Crippen molar-refractivity contribution < 1.29 is 32.3 Å². The van der Waals surface area contributed by atoms with E-state index in [2.05, 4.69) is 5.32 Å². The summed E-state index contributed by atoms with van der Waals surface area (Å²) in [6, 6.07) is 6.38. The van der Waals surface area contributed by atoms with Crippen molar-refractivity contribution in [3.8, 4) is 5.75 Å². The molecule has 1 aromatic rings. The van der Waals surface area contributed by atoms with Crippen LogP contribution >= 0.6 is 0 Å². The van der Waals surface area contributed by atoms with Crippen LogP contribution in [0.25, 0.3) is 0 Å². The number of methoxy groups -OCH3 is 1. The molecule has 1 fully saturated rings. The Kier molecular flexibility index (Phi) is 5.97. The molecule has 0 aromatic heterocycles. The van der Waals surface area contributed by atoms with Gasteiger partial charge in [-0.05, 0) is 37.5 Å². The number of imide groups is 1. The van der Waals surface area contributed by atoms with Crippen molar-refractivity contribution in [1.29, 1.82) is 0 Å². The van der Waals surface area contributed by atoms with Gasteiger partial charge in [-0.1, -0.05) is 12.1 Å². The van der Waals surface area contributed by atoms with Crippen LogP contribution < -0.4 is 15.4 Å². The maximum Gasteiger partial charge on any atom is 0.405 e. The molecule has 2 N–H and O–H groups in total. The van der Waals surface area contributed by atoms with Gasteiger partial charge in [-0.3, -0.25) is 14.5 Å². The van der Waals surface area contributed by atoms with Gasteiger partial charge in [-0.15, -0.1) is 0 Å². The summed E-state index contributed by atoms with van der Waals surface area (Å²) in [5.41, 5.74) is -0.318. The molecule has 1 aliphatic rings. The topological polar surface area (TPSA) is 87.7 Å². The van der Waals surface area contributed by atoms with Crippen molar-refractivity contribution >= 4 is 17.8 Å². The molecule has 10 heteroatoms. The lowest BCUT2D eigenvalue weighted by Gasteiger charge is -2.21. The smallest absolute Gasteiger partial charge is 0.405 e. The summed E-state index contributed by atoms with van der Waals surface area (Å²) in [4.78, 5) is 36.7. The molecular weight excluding hydrogens is 367 g/mol. The Bertz CT molecular complexity index is 721. The fourth-order valence-corrected chi connectivity index (χ4v) is 2.64. The van der Waals surface area contributed by atoms with E-state index in [1.165, 1.54) is 6.92 Å². The first-order chi connectivity index (χ1) is 12.5. The van der Waals surface area contributed by atoms with E-state index in [4.69, 9.17) is 4.74 Å². The maximum absolute atomic E-state index is 12.5. The fraction of sp³-hybridized carbons (Fsp3) is 0.471. The molecule has 4 amide bonds. The Morgan fingerprint density at radius 3 is 2.44 bits per heavy atom. The Hall–Kier alpha value is -2.78.